The molecule has 1 aromatic carbocycles. The molecule has 0 saturated heterocycles. The Hall–Kier alpha value is -2.55. The van der Waals surface area contributed by atoms with Crippen LogP contribution in [0.25, 0.3) is 6.08 Å². The quantitative estimate of drug-likeness (QED) is 0.589. The summed E-state index contributed by atoms with van der Waals surface area (Å²) in [5, 5.41) is 20.4. The number of rotatable bonds is 9. The predicted octanol–water partition coefficient (Wildman–Crippen LogP) is 4.03. The van der Waals surface area contributed by atoms with E-state index in [1.807, 2.05) is 0 Å². The van der Waals surface area contributed by atoms with Crippen LogP contribution in [-0.2, 0) is 14.3 Å². The molecule has 0 fully saturated rings. The standard InChI is InChI=1S/C20H25F3O6/c1-12(2)19(27,18(26)28-13(3)4)16(17(24)25)7-5-6-14-8-10-15(11-9-14)29-20(21,22)23/h5-6,8-13,16,27H,7H2,1-4H3,(H,24,25)/t16-,19-/m0/s1. The molecule has 0 radical (unpaired) electrons. The highest BCUT2D eigenvalue weighted by Crippen LogP contribution is 2.32. The van der Waals surface area contributed by atoms with Crippen LogP contribution in [0.5, 0.6) is 5.75 Å². The zero-order valence-corrected chi connectivity index (χ0v) is 16.6. The molecule has 0 bridgehead atoms. The number of carboxylic acid groups (broad SMARTS) is 1. The molecule has 2 N–H and O–H groups in total. The maximum absolute atomic E-state index is 12.4. The topological polar surface area (TPSA) is 93.1 Å². The first-order valence-electron chi connectivity index (χ1n) is 8.96. The zero-order valence-electron chi connectivity index (χ0n) is 16.6. The Morgan fingerprint density at radius 3 is 2.07 bits per heavy atom. The summed E-state index contributed by atoms with van der Waals surface area (Å²) in [7, 11) is 0. The van der Waals surface area contributed by atoms with Crippen LogP contribution in [0.3, 0.4) is 0 Å². The lowest BCUT2D eigenvalue weighted by Crippen LogP contribution is -2.54. The minimum Gasteiger partial charge on any atom is -0.481 e. The normalized spacial score (nSPS) is 15.4. The van der Waals surface area contributed by atoms with Gasteiger partial charge in [-0.1, -0.05) is 38.1 Å². The molecule has 9 heteroatoms. The van der Waals surface area contributed by atoms with E-state index < -0.39 is 41.8 Å². The van der Waals surface area contributed by atoms with E-state index in [1.165, 1.54) is 38.1 Å². The number of carbonyl (C=O) groups is 2. The molecule has 0 aliphatic heterocycles. The second kappa shape index (κ2) is 9.78. The van der Waals surface area contributed by atoms with Crippen LogP contribution in [-0.4, -0.2) is 40.2 Å². The molecule has 29 heavy (non-hydrogen) atoms. The highest BCUT2D eigenvalue weighted by atomic mass is 19.4. The Morgan fingerprint density at radius 2 is 1.66 bits per heavy atom. The van der Waals surface area contributed by atoms with Gasteiger partial charge in [-0.15, -0.1) is 13.2 Å². The van der Waals surface area contributed by atoms with Gasteiger partial charge in [0, 0.05) is 0 Å². The molecular formula is C20H25F3O6. The average molecular weight is 418 g/mol. The summed E-state index contributed by atoms with van der Waals surface area (Å²) in [6.07, 6.45) is -2.62. The van der Waals surface area contributed by atoms with Crippen molar-refractivity contribution < 1.29 is 42.4 Å². The molecule has 2 atom stereocenters. The Kier molecular flexibility index (Phi) is 8.25. The minimum absolute atomic E-state index is 0.196. The maximum Gasteiger partial charge on any atom is 0.573 e. The van der Waals surface area contributed by atoms with Gasteiger partial charge in [0.15, 0.2) is 5.60 Å². The van der Waals surface area contributed by atoms with Crippen molar-refractivity contribution in [2.24, 2.45) is 11.8 Å². The SMILES string of the molecule is CC(C)OC(=O)[C@](O)(C(C)C)[C@@H](CC=Cc1ccc(OC(F)(F)F)cc1)C(=O)O. The number of ether oxygens (including phenoxy) is 2. The van der Waals surface area contributed by atoms with Crippen molar-refractivity contribution in [3.05, 3.63) is 35.9 Å². The molecule has 0 aliphatic carbocycles. The van der Waals surface area contributed by atoms with Crippen molar-refractivity contribution in [1.29, 1.82) is 0 Å². The van der Waals surface area contributed by atoms with E-state index in [2.05, 4.69) is 4.74 Å². The maximum atomic E-state index is 12.4. The van der Waals surface area contributed by atoms with Crippen molar-refractivity contribution in [2.75, 3.05) is 0 Å². The first kappa shape index (κ1) is 24.5. The van der Waals surface area contributed by atoms with Gasteiger partial charge in [0.1, 0.15) is 5.75 Å². The summed E-state index contributed by atoms with van der Waals surface area (Å²) >= 11 is 0. The first-order valence-corrected chi connectivity index (χ1v) is 8.96. The smallest absolute Gasteiger partial charge is 0.481 e. The molecular weight excluding hydrogens is 393 g/mol. The number of benzene rings is 1. The highest BCUT2D eigenvalue weighted by Gasteiger charge is 2.51. The van der Waals surface area contributed by atoms with Gasteiger partial charge >= 0.3 is 18.3 Å². The molecule has 1 rings (SSSR count). The lowest BCUT2D eigenvalue weighted by atomic mass is 9.76. The van der Waals surface area contributed by atoms with Crippen LogP contribution in [0.1, 0.15) is 39.7 Å². The third-order valence-corrected chi connectivity index (χ3v) is 4.18. The van der Waals surface area contributed by atoms with E-state index in [1.54, 1.807) is 13.8 Å². The third-order valence-electron chi connectivity index (χ3n) is 4.18. The van der Waals surface area contributed by atoms with Crippen LogP contribution < -0.4 is 4.74 Å². The fourth-order valence-corrected chi connectivity index (χ4v) is 2.68. The molecule has 0 amide bonds. The fourth-order valence-electron chi connectivity index (χ4n) is 2.68. The van der Waals surface area contributed by atoms with Gasteiger partial charge in [0.2, 0.25) is 0 Å². The molecule has 162 valence electrons. The van der Waals surface area contributed by atoms with Gasteiger partial charge in [0.25, 0.3) is 0 Å². The van der Waals surface area contributed by atoms with Crippen LogP contribution in [0, 0.1) is 11.8 Å². The summed E-state index contributed by atoms with van der Waals surface area (Å²) in [6.45, 7) is 6.20. The van der Waals surface area contributed by atoms with Crippen molar-refractivity contribution in [3.63, 3.8) is 0 Å². The number of esters is 1. The number of allylic oxidation sites excluding steroid dienone is 1. The van der Waals surface area contributed by atoms with Crippen molar-refractivity contribution in [1.82, 2.24) is 0 Å². The average Bonchev–Trinajstić information content (AvgIpc) is 2.57. The fraction of sp³-hybridized carbons (Fsp3) is 0.500. The molecule has 0 heterocycles. The van der Waals surface area contributed by atoms with E-state index in [0.717, 1.165) is 12.1 Å². The van der Waals surface area contributed by atoms with E-state index in [0.29, 0.717) is 5.56 Å². The number of hydrogen-bond acceptors (Lipinski definition) is 5. The van der Waals surface area contributed by atoms with Crippen LogP contribution in [0.4, 0.5) is 13.2 Å². The van der Waals surface area contributed by atoms with Gasteiger partial charge in [-0.2, -0.15) is 0 Å². The summed E-state index contributed by atoms with van der Waals surface area (Å²) < 4.78 is 45.3. The number of hydrogen-bond donors (Lipinski definition) is 2. The summed E-state index contributed by atoms with van der Waals surface area (Å²) in [4.78, 5) is 24.1. The van der Waals surface area contributed by atoms with Gasteiger partial charge in [-0.05, 0) is 43.9 Å². The Balaban J connectivity index is 2.98. The molecule has 6 nitrogen and oxygen atoms in total. The lowest BCUT2D eigenvalue weighted by Gasteiger charge is -2.35. The van der Waals surface area contributed by atoms with E-state index in [-0.39, 0.29) is 12.2 Å². The van der Waals surface area contributed by atoms with E-state index in [4.69, 9.17) is 4.74 Å². The zero-order chi connectivity index (χ0) is 22.4. The highest BCUT2D eigenvalue weighted by molar-refractivity contribution is 5.87. The molecule has 0 aliphatic rings. The van der Waals surface area contributed by atoms with Gasteiger partial charge < -0.3 is 19.7 Å². The predicted molar refractivity (Wildman–Crippen MR) is 98.9 cm³/mol. The minimum atomic E-state index is -4.79. The van der Waals surface area contributed by atoms with Crippen molar-refractivity contribution in [2.45, 2.75) is 52.2 Å². The van der Waals surface area contributed by atoms with Crippen LogP contribution in [0.15, 0.2) is 30.3 Å². The number of carboxylic acids is 1. The second-order valence-corrected chi connectivity index (χ2v) is 7.08. The monoisotopic (exact) mass is 418 g/mol. The summed E-state index contributed by atoms with van der Waals surface area (Å²) in [5.74, 6) is -4.99. The largest absolute Gasteiger partial charge is 0.573 e. The lowest BCUT2D eigenvalue weighted by molar-refractivity contribution is -0.274. The van der Waals surface area contributed by atoms with Gasteiger partial charge in [-0.25, -0.2) is 4.79 Å². The third kappa shape index (κ3) is 7.08. The first-order chi connectivity index (χ1) is 13.3. The van der Waals surface area contributed by atoms with E-state index >= 15 is 0 Å². The van der Waals surface area contributed by atoms with E-state index in [9.17, 15) is 33.0 Å². The number of halogens is 3. The second-order valence-electron chi connectivity index (χ2n) is 7.08. The van der Waals surface area contributed by atoms with Gasteiger partial charge in [-0.3, -0.25) is 4.79 Å². The molecule has 0 aromatic heterocycles. The molecule has 0 saturated carbocycles. The molecule has 0 spiro atoms. The molecule has 0 unspecified atom stereocenters. The van der Waals surface area contributed by atoms with Crippen molar-refractivity contribution >= 4 is 18.0 Å². The van der Waals surface area contributed by atoms with Crippen LogP contribution >= 0.6 is 0 Å². The summed E-state index contributed by atoms with van der Waals surface area (Å²) in [6, 6.07) is 4.95. The van der Waals surface area contributed by atoms with Crippen molar-refractivity contribution in [3.8, 4) is 5.75 Å². The number of aliphatic hydroxyl groups is 1. The molecule has 1 aromatic rings. The number of carbonyl (C=O) groups excluding carboxylic acids is 1. The number of aliphatic carboxylic acids is 1. The summed E-state index contributed by atoms with van der Waals surface area (Å²) in [5.41, 5.74) is -1.76. The Morgan fingerprint density at radius 1 is 1.10 bits per heavy atom. The van der Waals surface area contributed by atoms with Crippen LogP contribution in [0.2, 0.25) is 0 Å². The number of alkyl halides is 3. The van der Waals surface area contributed by atoms with Gasteiger partial charge in [0.05, 0.1) is 12.0 Å². The Bertz CT molecular complexity index is 725. The Labute approximate surface area is 166 Å².